The van der Waals surface area contributed by atoms with Crippen LogP contribution in [-0.4, -0.2) is 0 Å². The Bertz CT molecular complexity index is 76.1. The second-order valence-electron chi connectivity index (χ2n) is 1.08. The fraction of sp³-hybridized carbons (Fsp3) is 0. The first kappa shape index (κ1) is 6.73. The van der Waals surface area contributed by atoms with Crippen LogP contribution in [0.15, 0.2) is 30.3 Å². The molecule has 1 radical (unpaired) electrons. The third-order valence-electron chi connectivity index (χ3n) is 0.607. The molecule has 0 saturated heterocycles. The van der Waals surface area contributed by atoms with Crippen molar-refractivity contribution < 1.29 is 16.8 Å². The SMILES string of the molecule is [Co].[c-]1ccccc1. The maximum Gasteiger partial charge on any atom is 0 e. The van der Waals surface area contributed by atoms with Gasteiger partial charge in [-0.25, -0.2) is 0 Å². The summed E-state index contributed by atoms with van der Waals surface area (Å²) in [7, 11) is 0. The minimum Gasteiger partial charge on any atom is -0.184 e. The van der Waals surface area contributed by atoms with Gasteiger partial charge in [0.25, 0.3) is 0 Å². The maximum absolute atomic E-state index is 2.89. The predicted octanol–water partition coefficient (Wildman–Crippen LogP) is 1.48. The summed E-state index contributed by atoms with van der Waals surface area (Å²) in [6.45, 7) is 0. The molecule has 0 saturated carbocycles. The summed E-state index contributed by atoms with van der Waals surface area (Å²) >= 11 is 0. The zero-order chi connectivity index (χ0) is 4.24. The van der Waals surface area contributed by atoms with Crippen LogP contribution in [0, 0.1) is 6.07 Å². The standard InChI is InChI=1S/C6H5.Co/c1-2-4-6-5-3-1;/h1-5H;/q-1;. The monoisotopic (exact) mass is 136 g/mol. The molecule has 1 heteroatoms. The smallest absolute Gasteiger partial charge is 0 e. The van der Waals surface area contributed by atoms with E-state index in [9.17, 15) is 0 Å². The normalized spacial score (nSPS) is 6.86. The van der Waals surface area contributed by atoms with Crippen LogP contribution in [0.4, 0.5) is 0 Å². The van der Waals surface area contributed by atoms with Crippen molar-refractivity contribution in [3.05, 3.63) is 36.4 Å². The first-order valence-corrected chi connectivity index (χ1v) is 1.91. The van der Waals surface area contributed by atoms with E-state index in [2.05, 4.69) is 6.07 Å². The number of hydrogen-bond donors (Lipinski definition) is 0. The Morgan fingerprint density at radius 3 is 1.57 bits per heavy atom. The van der Waals surface area contributed by atoms with E-state index in [1.54, 1.807) is 0 Å². The molecule has 0 N–H and O–H groups in total. The van der Waals surface area contributed by atoms with Gasteiger partial charge >= 0.3 is 0 Å². The first-order chi connectivity index (χ1) is 3.00. The van der Waals surface area contributed by atoms with Crippen molar-refractivity contribution in [3.63, 3.8) is 0 Å². The van der Waals surface area contributed by atoms with Crippen LogP contribution in [0.5, 0.6) is 0 Å². The molecule has 39 valence electrons. The molecular weight excluding hydrogens is 131 g/mol. The van der Waals surface area contributed by atoms with E-state index >= 15 is 0 Å². The molecule has 0 fully saturated rings. The number of rotatable bonds is 0. The van der Waals surface area contributed by atoms with Gasteiger partial charge in [-0.15, -0.1) is 0 Å². The van der Waals surface area contributed by atoms with Gasteiger partial charge in [0.05, 0.1) is 0 Å². The minimum atomic E-state index is 0. The first-order valence-electron chi connectivity index (χ1n) is 1.91. The summed E-state index contributed by atoms with van der Waals surface area (Å²) in [6, 6.07) is 12.5. The van der Waals surface area contributed by atoms with Crippen LogP contribution in [0.3, 0.4) is 0 Å². The average molecular weight is 136 g/mol. The Morgan fingerprint density at radius 1 is 0.857 bits per heavy atom. The van der Waals surface area contributed by atoms with Crippen LogP contribution in [0.2, 0.25) is 0 Å². The van der Waals surface area contributed by atoms with Crippen LogP contribution in [0.1, 0.15) is 0 Å². The van der Waals surface area contributed by atoms with E-state index in [0.717, 1.165) is 0 Å². The van der Waals surface area contributed by atoms with Crippen molar-refractivity contribution >= 4 is 0 Å². The van der Waals surface area contributed by atoms with Crippen molar-refractivity contribution in [2.75, 3.05) is 0 Å². The molecule has 0 aliphatic carbocycles. The van der Waals surface area contributed by atoms with Gasteiger partial charge < -0.3 is 0 Å². The van der Waals surface area contributed by atoms with Gasteiger partial charge in [-0.3, -0.25) is 0 Å². The third-order valence-corrected chi connectivity index (χ3v) is 0.607. The van der Waals surface area contributed by atoms with E-state index < -0.39 is 0 Å². The predicted molar refractivity (Wildman–Crippen MR) is 25.3 cm³/mol. The average Bonchev–Trinajstić information content (AvgIpc) is 1.72. The van der Waals surface area contributed by atoms with Crippen LogP contribution in [-0.2, 0) is 16.8 Å². The molecule has 0 spiro atoms. The van der Waals surface area contributed by atoms with Crippen molar-refractivity contribution in [2.45, 2.75) is 0 Å². The molecule has 1 rings (SSSR count). The molecule has 1 aromatic carbocycles. The summed E-state index contributed by atoms with van der Waals surface area (Å²) in [5, 5.41) is 0. The van der Waals surface area contributed by atoms with Crippen molar-refractivity contribution in [2.24, 2.45) is 0 Å². The maximum atomic E-state index is 2.89. The molecule has 0 aliphatic rings. The molecule has 0 amide bonds. The van der Waals surface area contributed by atoms with Gasteiger partial charge in [0.2, 0.25) is 0 Å². The van der Waals surface area contributed by atoms with E-state index in [4.69, 9.17) is 0 Å². The molecule has 0 unspecified atom stereocenters. The largest absolute Gasteiger partial charge is 0.184 e. The minimum absolute atomic E-state index is 0. The molecule has 0 nitrogen and oxygen atoms in total. The summed E-state index contributed by atoms with van der Waals surface area (Å²) in [6.07, 6.45) is 0. The molecule has 0 aromatic heterocycles. The summed E-state index contributed by atoms with van der Waals surface area (Å²) in [4.78, 5) is 0. The Morgan fingerprint density at radius 2 is 1.43 bits per heavy atom. The summed E-state index contributed by atoms with van der Waals surface area (Å²) in [5.74, 6) is 0. The number of benzene rings is 1. The Kier molecular flexibility index (Phi) is 3.75. The molecular formula is C6H5Co-. The second kappa shape index (κ2) is 3.90. The molecule has 7 heavy (non-hydrogen) atoms. The quantitative estimate of drug-likeness (QED) is 0.474. The molecule has 0 heterocycles. The Hall–Kier alpha value is -0.274. The van der Waals surface area contributed by atoms with E-state index in [1.807, 2.05) is 30.3 Å². The molecule has 0 atom stereocenters. The van der Waals surface area contributed by atoms with Crippen LogP contribution < -0.4 is 0 Å². The van der Waals surface area contributed by atoms with Gasteiger partial charge in [-0.05, 0) is 0 Å². The second-order valence-corrected chi connectivity index (χ2v) is 1.08. The zero-order valence-electron chi connectivity index (χ0n) is 3.72. The summed E-state index contributed by atoms with van der Waals surface area (Å²) in [5.41, 5.74) is 0. The fourth-order valence-electron chi connectivity index (χ4n) is 0.342. The zero-order valence-corrected chi connectivity index (χ0v) is 4.76. The topological polar surface area (TPSA) is 0 Å². The molecule has 1 aromatic rings. The van der Waals surface area contributed by atoms with Gasteiger partial charge in [0.15, 0.2) is 0 Å². The van der Waals surface area contributed by atoms with Crippen molar-refractivity contribution in [1.82, 2.24) is 0 Å². The van der Waals surface area contributed by atoms with Gasteiger partial charge in [-0.1, -0.05) is 0 Å². The Labute approximate surface area is 53.8 Å². The summed E-state index contributed by atoms with van der Waals surface area (Å²) < 4.78 is 0. The third kappa shape index (κ3) is 2.43. The van der Waals surface area contributed by atoms with Gasteiger partial charge in [0, 0.05) is 16.8 Å². The molecule has 0 bridgehead atoms. The van der Waals surface area contributed by atoms with Crippen molar-refractivity contribution in [1.29, 1.82) is 0 Å². The van der Waals surface area contributed by atoms with E-state index in [0.29, 0.717) is 0 Å². The fourth-order valence-corrected chi connectivity index (χ4v) is 0.342. The molecule has 0 aliphatic heterocycles. The van der Waals surface area contributed by atoms with Crippen molar-refractivity contribution in [3.8, 4) is 0 Å². The van der Waals surface area contributed by atoms with E-state index in [-0.39, 0.29) is 16.8 Å². The van der Waals surface area contributed by atoms with Gasteiger partial charge in [0.1, 0.15) is 0 Å². The van der Waals surface area contributed by atoms with E-state index in [1.165, 1.54) is 0 Å². The number of hydrogen-bond acceptors (Lipinski definition) is 0. The van der Waals surface area contributed by atoms with Crippen LogP contribution >= 0.6 is 0 Å². The van der Waals surface area contributed by atoms with Crippen LogP contribution in [0.25, 0.3) is 0 Å². The Balaban J connectivity index is 0.000000360. The van der Waals surface area contributed by atoms with Gasteiger partial charge in [-0.2, -0.15) is 36.4 Å².